The molecule has 2 aromatic rings. The second-order valence-corrected chi connectivity index (χ2v) is 5.81. The van der Waals surface area contributed by atoms with Crippen molar-refractivity contribution in [3.63, 3.8) is 0 Å². The molecule has 0 bridgehead atoms. The fraction of sp³-hybridized carbons (Fsp3) is 0.429. The minimum absolute atomic E-state index is 0. The lowest BCUT2D eigenvalue weighted by atomic mass is 10.2. The van der Waals surface area contributed by atoms with Crippen molar-refractivity contribution in [3.05, 3.63) is 39.7 Å². The molecule has 0 saturated carbocycles. The largest absolute Gasteiger partial charge is 0.464 e. The van der Waals surface area contributed by atoms with Crippen LogP contribution in [0.1, 0.15) is 35.2 Å². The van der Waals surface area contributed by atoms with Crippen molar-refractivity contribution in [2.45, 2.75) is 32.6 Å². The number of guanidine groups is 1. The highest BCUT2D eigenvalue weighted by molar-refractivity contribution is 14.0. The van der Waals surface area contributed by atoms with E-state index in [1.807, 2.05) is 26.0 Å². The topological polar surface area (TPSA) is 62.5 Å². The number of furan rings is 1. The maximum Gasteiger partial charge on any atom is 0.434 e. The molecular formula is C14H18F3IN4OS. The molecule has 0 aromatic carbocycles. The summed E-state index contributed by atoms with van der Waals surface area (Å²) in [5.74, 6) is 2.01. The molecule has 2 heterocycles. The Labute approximate surface area is 158 Å². The van der Waals surface area contributed by atoms with Gasteiger partial charge in [0.1, 0.15) is 16.5 Å². The van der Waals surface area contributed by atoms with Crippen LogP contribution in [0.5, 0.6) is 0 Å². The first-order valence-electron chi connectivity index (χ1n) is 6.84. The Morgan fingerprint density at radius 2 is 2.12 bits per heavy atom. The zero-order valence-corrected chi connectivity index (χ0v) is 16.4. The Morgan fingerprint density at radius 3 is 2.62 bits per heavy atom. The van der Waals surface area contributed by atoms with Gasteiger partial charge in [0.25, 0.3) is 0 Å². The SMILES string of the molecule is CN=C(NCc1nc(C(F)(F)F)cs1)NC(C)c1ccc(C)o1.I. The van der Waals surface area contributed by atoms with E-state index in [9.17, 15) is 13.2 Å². The lowest BCUT2D eigenvalue weighted by Crippen LogP contribution is -2.38. The van der Waals surface area contributed by atoms with Gasteiger partial charge in [-0.1, -0.05) is 0 Å². The smallest absolute Gasteiger partial charge is 0.434 e. The zero-order valence-electron chi connectivity index (χ0n) is 13.3. The fourth-order valence-corrected chi connectivity index (χ4v) is 2.58. The number of aryl methyl sites for hydroxylation is 1. The minimum Gasteiger partial charge on any atom is -0.464 e. The van der Waals surface area contributed by atoms with Crippen LogP contribution in [0.3, 0.4) is 0 Å². The van der Waals surface area contributed by atoms with Gasteiger partial charge >= 0.3 is 6.18 Å². The van der Waals surface area contributed by atoms with Gasteiger partial charge in [0.05, 0.1) is 12.6 Å². The summed E-state index contributed by atoms with van der Waals surface area (Å²) >= 11 is 0.953. The van der Waals surface area contributed by atoms with Crippen LogP contribution in [0.2, 0.25) is 0 Å². The van der Waals surface area contributed by atoms with E-state index in [2.05, 4.69) is 20.6 Å². The first kappa shape index (κ1) is 20.7. The summed E-state index contributed by atoms with van der Waals surface area (Å²) in [6.07, 6.45) is -4.42. The van der Waals surface area contributed by atoms with Gasteiger partial charge in [-0.2, -0.15) is 13.2 Å². The highest BCUT2D eigenvalue weighted by Crippen LogP contribution is 2.29. The average molecular weight is 474 g/mol. The molecule has 0 saturated heterocycles. The van der Waals surface area contributed by atoms with Gasteiger partial charge in [-0.25, -0.2) is 4.98 Å². The number of hydrogen-bond acceptors (Lipinski definition) is 4. The van der Waals surface area contributed by atoms with Crippen LogP contribution in [0.25, 0.3) is 0 Å². The highest BCUT2D eigenvalue weighted by atomic mass is 127. The van der Waals surface area contributed by atoms with Crippen LogP contribution < -0.4 is 10.6 Å². The molecule has 5 nitrogen and oxygen atoms in total. The Balaban J connectivity index is 0.00000288. The van der Waals surface area contributed by atoms with E-state index in [4.69, 9.17) is 4.42 Å². The number of nitrogens with one attached hydrogen (secondary N) is 2. The molecule has 0 amide bonds. The molecule has 10 heteroatoms. The average Bonchev–Trinajstić information content (AvgIpc) is 3.11. The van der Waals surface area contributed by atoms with Crippen LogP contribution in [0.15, 0.2) is 26.9 Å². The van der Waals surface area contributed by atoms with Crippen molar-refractivity contribution < 1.29 is 17.6 Å². The third-order valence-electron chi connectivity index (χ3n) is 3.01. The standard InChI is InChI=1S/C14H17F3N4OS.HI/c1-8-4-5-10(22-8)9(2)20-13(18-3)19-6-12-21-11(7-23-12)14(15,16)17;/h4-5,7,9H,6H2,1-3H3,(H2,18,19,20);1H. The molecule has 134 valence electrons. The van der Waals surface area contributed by atoms with Crippen molar-refractivity contribution >= 4 is 41.3 Å². The predicted molar refractivity (Wildman–Crippen MR) is 97.7 cm³/mol. The molecule has 0 aliphatic heterocycles. The summed E-state index contributed by atoms with van der Waals surface area (Å²) in [5, 5.41) is 7.38. The number of hydrogen-bond donors (Lipinski definition) is 2. The molecule has 0 fully saturated rings. The fourth-order valence-electron chi connectivity index (χ4n) is 1.84. The Bertz CT molecular complexity index is 684. The number of halogens is 4. The van der Waals surface area contributed by atoms with Gasteiger partial charge in [0, 0.05) is 12.4 Å². The van der Waals surface area contributed by atoms with Gasteiger partial charge in [-0.3, -0.25) is 4.99 Å². The summed E-state index contributed by atoms with van der Waals surface area (Å²) in [6.45, 7) is 3.91. The molecule has 0 radical (unpaired) electrons. The number of nitrogens with zero attached hydrogens (tertiary/aromatic N) is 2. The van der Waals surface area contributed by atoms with E-state index >= 15 is 0 Å². The first-order valence-corrected chi connectivity index (χ1v) is 7.72. The Morgan fingerprint density at radius 1 is 1.42 bits per heavy atom. The summed E-state index contributed by atoms with van der Waals surface area (Å²) in [5.41, 5.74) is -0.873. The van der Waals surface area contributed by atoms with Crippen LogP contribution in [0, 0.1) is 6.92 Å². The lowest BCUT2D eigenvalue weighted by molar-refractivity contribution is -0.140. The van der Waals surface area contributed by atoms with Crippen LogP contribution >= 0.6 is 35.3 Å². The Kier molecular flexibility index (Phi) is 7.52. The van der Waals surface area contributed by atoms with Crippen molar-refractivity contribution in [2.24, 2.45) is 4.99 Å². The van der Waals surface area contributed by atoms with Crippen molar-refractivity contribution in [2.75, 3.05) is 7.05 Å². The minimum atomic E-state index is -4.42. The van der Waals surface area contributed by atoms with Gasteiger partial charge < -0.3 is 15.1 Å². The molecule has 24 heavy (non-hydrogen) atoms. The molecule has 1 atom stereocenters. The number of alkyl halides is 3. The molecule has 0 aliphatic carbocycles. The number of aliphatic imine (C=N–C) groups is 1. The summed E-state index contributed by atoms with van der Waals surface area (Å²) in [4.78, 5) is 7.60. The van der Waals surface area contributed by atoms with Crippen LogP contribution in [-0.4, -0.2) is 18.0 Å². The Hall–Kier alpha value is -1.30. The zero-order chi connectivity index (χ0) is 17.0. The van der Waals surface area contributed by atoms with E-state index in [1.165, 1.54) is 0 Å². The summed E-state index contributed by atoms with van der Waals surface area (Å²) in [6, 6.07) is 3.59. The van der Waals surface area contributed by atoms with Gasteiger partial charge in [0.2, 0.25) is 0 Å². The van der Waals surface area contributed by atoms with E-state index < -0.39 is 11.9 Å². The second-order valence-electron chi connectivity index (χ2n) is 4.86. The highest BCUT2D eigenvalue weighted by Gasteiger charge is 2.33. The summed E-state index contributed by atoms with van der Waals surface area (Å²) in [7, 11) is 1.58. The molecular weight excluding hydrogens is 456 g/mol. The van der Waals surface area contributed by atoms with Crippen molar-refractivity contribution in [3.8, 4) is 0 Å². The van der Waals surface area contributed by atoms with E-state index in [0.29, 0.717) is 11.0 Å². The molecule has 2 N–H and O–H groups in total. The molecule has 1 unspecified atom stereocenters. The lowest BCUT2D eigenvalue weighted by Gasteiger charge is -2.15. The number of aromatic nitrogens is 1. The third kappa shape index (κ3) is 5.65. The maximum absolute atomic E-state index is 12.5. The van der Waals surface area contributed by atoms with E-state index in [-0.39, 0.29) is 36.6 Å². The molecule has 0 aliphatic rings. The maximum atomic E-state index is 12.5. The monoisotopic (exact) mass is 474 g/mol. The summed E-state index contributed by atoms with van der Waals surface area (Å²) < 4.78 is 43.0. The van der Waals surface area contributed by atoms with E-state index in [1.54, 1.807) is 7.05 Å². The molecule has 0 spiro atoms. The second kappa shape index (κ2) is 8.70. The van der Waals surface area contributed by atoms with Crippen LogP contribution in [0.4, 0.5) is 13.2 Å². The van der Waals surface area contributed by atoms with Crippen molar-refractivity contribution in [1.82, 2.24) is 15.6 Å². The normalized spacial score (nSPS) is 13.3. The number of thiazole rings is 1. The first-order chi connectivity index (χ1) is 10.8. The van der Waals surface area contributed by atoms with Crippen molar-refractivity contribution in [1.29, 1.82) is 0 Å². The molecule has 2 rings (SSSR count). The molecule has 2 aromatic heterocycles. The van der Waals surface area contributed by atoms with Gasteiger partial charge in [-0.05, 0) is 26.0 Å². The van der Waals surface area contributed by atoms with Crippen LogP contribution in [-0.2, 0) is 12.7 Å². The third-order valence-corrected chi connectivity index (χ3v) is 3.86. The van der Waals surface area contributed by atoms with E-state index in [0.717, 1.165) is 28.2 Å². The number of rotatable bonds is 4. The quantitative estimate of drug-likeness (QED) is 0.398. The predicted octanol–water partition coefficient (Wildman–Crippen LogP) is 4.11. The van der Waals surface area contributed by atoms with Gasteiger partial charge in [-0.15, -0.1) is 35.3 Å². The van der Waals surface area contributed by atoms with Gasteiger partial charge in [0.15, 0.2) is 11.7 Å².